The van der Waals surface area contributed by atoms with E-state index in [1.54, 1.807) is 48.5 Å². The number of esters is 2. The molecule has 0 aromatic heterocycles. The van der Waals surface area contributed by atoms with Crippen LogP contribution in [0.1, 0.15) is 127 Å². The Morgan fingerprint density at radius 3 is 1.83 bits per heavy atom. The Balaban J connectivity index is 2.01. The Morgan fingerprint density at radius 1 is 0.630 bits per heavy atom. The zero-order valence-corrected chi connectivity index (χ0v) is 28.3. The molecule has 0 atom stereocenters. The summed E-state index contributed by atoms with van der Waals surface area (Å²) in [6, 6.07) is 13.7. The van der Waals surface area contributed by atoms with Gasteiger partial charge in [0.05, 0.1) is 31.6 Å². The lowest BCUT2D eigenvalue weighted by Crippen LogP contribution is -2.18. The molecule has 1 amide bonds. The zero-order chi connectivity index (χ0) is 33.2. The largest absolute Gasteiger partial charge is 0.494 e. The van der Waals surface area contributed by atoms with E-state index in [9.17, 15) is 14.4 Å². The molecule has 0 unspecified atom stereocenters. The van der Waals surface area contributed by atoms with Crippen LogP contribution in [0.4, 0.5) is 5.69 Å². The molecular weight excluding hydrogens is 582 g/mol. The first kappa shape index (κ1) is 38.4. The number of carbonyl (C=O) groups excluding carboxylic acids is 3. The van der Waals surface area contributed by atoms with Crippen LogP contribution >= 0.6 is 0 Å². The van der Waals surface area contributed by atoms with Gasteiger partial charge in [0.2, 0.25) is 5.76 Å². The topological polar surface area (TPSA) is 100 Å². The minimum absolute atomic E-state index is 0.190. The maximum atomic E-state index is 13.1. The smallest absolute Gasteiger partial charge is 0.374 e. The molecule has 2 aromatic carbocycles. The predicted octanol–water partition coefficient (Wildman–Crippen LogP) is 9.58. The summed E-state index contributed by atoms with van der Waals surface area (Å²) in [6.07, 6.45) is 17.1. The van der Waals surface area contributed by atoms with E-state index < -0.39 is 11.9 Å². The predicted molar refractivity (Wildman–Crippen MR) is 183 cm³/mol. The lowest BCUT2D eigenvalue weighted by Gasteiger charge is -2.14. The van der Waals surface area contributed by atoms with Crippen LogP contribution in [-0.2, 0) is 19.1 Å². The maximum Gasteiger partial charge on any atom is 0.374 e. The molecule has 0 saturated heterocycles. The third kappa shape index (κ3) is 16.5. The van der Waals surface area contributed by atoms with Crippen LogP contribution in [-0.4, -0.2) is 37.7 Å². The van der Waals surface area contributed by atoms with Gasteiger partial charge in [-0.2, -0.15) is 0 Å². The van der Waals surface area contributed by atoms with E-state index in [-0.39, 0.29) is 30.6 Å². The average Bonchev–Trinajstić information content (AvgIpc) is 3.06. The maximum absolute atomic E-state index is 13.1. The normalized spacial score (nSPS) is 11.2. The zero-order valence-electron chi connectivity index (χ0n) is 28.3. The molecule has 2 rings (SSSR count). The highest BCUT2D eigenvalue weighted by Gasteiger charge is 2.19. The van der Waals surface area contributed by atoms with Crippen LogP contribution in [0.2, 0.25) is 0 Å². The van der Waals surface area contributed by atoms with Crippen molar-refractivity contribution in [3.63, 3.8) is 0 Å². The van der Waals surface area contributed by atoms with Gasteiger partial charge < -0.3 is 24.3 Å². The number of hydrogen-bond donors (Lipinski definition) is 1. The number of nitrogens with one attached hydrogen (secondary N) is 1. The molecule has 0 aliphatic carbocycles. The lowest BCUT2D eigenvalue weighted by atomic mass is 10.1. The quantitative estimate of drug-likeness (QED) is 0.0501. The van der Waals surface area contributed by atoms with Crippen molar-refractivity contribution >= 4 is 23.5 Å². The van der Waals surface area contributed by atoms with Crippen LogP contribution < -0.4 is 14.8 Å². The number of carbonyl (C=O) groups is 3. The molecule has 1 N–H and O–H groups in total. The molecule has 0 saturated carbocycles. The Bertz CT molecular complexity index is 1180. The summed E-state index contributed by atoms with van der Waals surface area (Å²) in [5.41, 5.74) is 0.772. The number of amides is 1. The minimum atomic E-state index is -0.771. The summed E-state index contributed by atoms with van der Waals surface area (Å²) in [4.78, 5) is 38.6. The number of unbranched alkanes of at least 4 members (excludes halogenated alkanes) is 12. The number of rotatable bonds is 25. The first-order chi connectivity index (χ1) is 22.5. The van der Waals surface area contributed by atoms with Crippen molar-refractivity contribution in [2.24, 2.45) is 0 Å². The Labute approximate surface area is 276 Å². The van der Waals surface area contributed by atoms with Crippen LogP contribution in [0.25, 0.3) is 0 Å². The van der Waals surface area contributed by atoms with Crippen LogP contribution in [0.15, 0.2) is 60.4 Å². The fourth-order valence-corrected chi connectivity index (χ4v) is 4.67. The highest BCUT2D eigenvalue weighted by molar-refractivity contribution is 6.05. The molecule has 2 aromatic rings. The second kappa shape index (κ2) is 24.4. The summed E-state index contributed by atoms with van der Waals surface area (Å²) >= 11 is 0. The third-order valence-corrected chi connectivity index (χ3v) is 7.41. The molecule has 0 radical (unpaired) electrons. The summed E-state index contributed by atoms with van der Waals surface area (Å²) < 4.78 is 22.5. The first-order valence-electron chi connectivity index (χ1n) is 17.3. The molecule has 0 spiro atoms. The number of hydrogen-bond acceptors (Lipinski definition) is 7. The van der Waals surface area contributed by atoms with Crippen molar-refractivity contribution in [3.05, 3.63) is 65.9 Å². The van der Waals surface area contributed by atoms with Gasteiger partial charge in [-0.1, -0.05) is 110 Å². The molecule has 0 heterocycles. The van der Waals surface area contributed by atoms with E-state index in [2.05, 4.69) is 26.1 Å². The SMILES string of the molecule is CCCCCCCCCOc1ccc(C(=O)Nc2ccccc2O/C(=C/C(=O)OCCCCCC)C(=O)OCCCCCC)cc1. The van der Waals surface area contributed by atoms with Gasteiger partial charge in [0.1, 0.15) is 5.75 Å². The van der Waals surface area contributed by atoms with Crippen molar-refractivity contribution in [2.75, 3.05) is 25.1 Å². The molecule has 8 heteroatoms. The van der Waals surface area contributed by atoms with Gasteiger partial charge in [-0.3, -0.25) is 4.79 Å². The number of benzene rings is 2. The standard InChI is InChI=1S/C38H55NO7/c1-4-7-10-13-14-15-20-27-43-32-25-23-31(24-26-32)37(41)39-33-21-16-17-22-34(33)46-35(38(42)45-29-19-12-9-6-3)30-36(40)44-28-18-11-8-5-2/h16-17,21-26,30H,4-15,18-20,27-29H2,1-3H3,(H,39,41)/b35-30+. The molecule has 0 fully saturated rings. The second-order valence-corrected chi connectivity index (χ2v) is 11.5. The van der Waals surface area contributed by atoms with Crippen LogP contribution in [0, 0.1) is 0 Å². The summed E-state index contributed by atoms with van der Waals surface area (Å²) in [5, 5.41) is 2.84. The average molecular weight is 638 g/mol. The van der Waals surface area contributed by atoms with E-state index in [0.717, 1.165) is 63.9 Å². The first-order valence-corrected chi connectivity index (χ1v) is 17.3. The molecular formula is C38H55NO7. The highest BCUT2D eigenvalue weighted by Crippen LogP contribution is 2.27. The summed E-state index contributed by atoms with van der Waals surface area (Å²) in [7, 11) is 0. The van der Waals surface area contributed by atoms with E-state index in [1.807, 2.05) is 0 Å². The molecule has 46 heavy (non-hydrogen) atoms. The number of para-hydroxylation sites is 2. The Morgan fingerprint density at radius 2 is 1.17 bits per heavy atom. The molecule has 0 bridgehead atoms. The van der Waals surface area contributed by atoms with Gasteiger partial charge in [-0.05, 0) is 55.7 Å². The van der Waals surface area contributed by atoms with Gasteiger partial charge >= 0.3 is 11.9 Å². The fraction of sp³-hybridized carbons (Fsp3) is 0.553. The number of ether oxygens (including phenoxy) is 4. The van der Waals surface area contributed by atoms with E-state index in [0.29, 0.717) is 30.0 Å². The van der Waals surface area contributed by atoms with Gasteiger partial charge in [0.25, 0.3) is 5.91 Å². The van der Waals surface area contributed by atoms with Crippen molar-refractivity contribution in [1.82, 2.24) is 0 Å². The minimum Gasteiger partial charge on any atom is -0.494 e. The van der Waals surface area contributed by atoms with E-state index in [4.69, 9.17) is 18.9 Å². The van der Waals surface area contributed by atoms with Crippen molar-refractivity contribution in [3.8, 4) is 11.5 Å². The highest BCUT2D eigenvalue weighted by atomic mass is 16.6. The molecule has 0 aliphatic heterocycles. The third-order valence-electron chi connectivity index (χ3n) is 7.41. The Kier molecular flexibility index (Phi) is 20.4. The van der Waals surface area contributed by atoms with Crippen LogP contribution in [0.5, 0.6) is 11.5 Å². The van der Waals surface area contributed by atoms with Gasteiger partial charge in [-0.25, -0.2) is 9.59 Å². The van der Waals surface area contributed by atoms with Gasteiger partial charge in [0, 0.05) is 5.56 Å². The molecule has 8 nitrogen and oxygen atoms in total. The van der Waals surface area contributed by atoms with Crippen molar-refractivity contribution in [2.45, 2.75) is 117 Å². The molecule has 0 aliphatic rings. The summed E-state index contributed by atoms with van der Waals surface area (Å²) in [5.74, 6) is -1.22. The monoisotopic (exact) mass is 637 g/mol. The second-order valence-electron chi connectivity index (χ2n) is 11.5. The van der Waals surface area contributed by atoms with Gasteiger partial charge in [0.15, 0.2) is 5.75 Å². The summed E-state index contributed by atoms with van der Waals surface area (Å²) in [6.45, 7) is 7.54. The molecule has 254 valence electrons. The van der Waals surface area contributed by atoms with E-state index >= 15 is 0 Å². The fourth-order valence-electron chi connectivity index (χ4n) is 4.67. The van der Waals surface area contributed by atoms with Gasteiger partial charge in [-0.15, -0.1) is 0 Å². The Hall–Kier alpha value is -3.81. The number of anilines is 1. The van der Waals surface area contributed by atoms with Crippen molar-refractivity contribution < 1.29 is 33.3 Å². The van der Waals surface area contributed by atoms with E-state index in [1.165, 1.54) is 32.1 Å². The lowest BCUT2D eigenvalue weighted by molar-refractivity contribution is -0.143. The van der Waals surface area contributed by atoms with Crippen molar-refractivity contribution in [1.29, 1.82) is 0 Å². The van der Waals surface area contributed by atoms with Crippen LogP contribution in [0.3, 0.4) is 0 Å².